The lowest BCUT2D eigenvalue weighted by Gasteiger charge is -1.89. The quantitative estimate of drug-likeness (QED) is 0.208. The average molecular weight is 171 g/mol. The predicted octanol–water partition coefficient (Wildman–Crippen LogP) is 0.896. The smallest absolute Gasteiger partial charge is 0.330 e. The van der Waals surface area contributed by atoms with Crippen LogP contribution in [0, 0.1) is 10.1 Å². The Morgan fingerprint density at radius 1 is 1.50 bits per heavy atom. The topological polar surface area (TPSA) is 69.4 Å². The van der Waals surface area contributed by atoms with Gasteiger partial charge in [0.05, 0.1) is 12.0 Å². The fraction of sp³-hybridized carbons (Fsp3) is 0.286. The zero-order valence-corrected chi connectivity index (χ0v) is 6.81. The Morgan fingerprint density at radius 2 is 2.08 bits per heavy atom. The maximum Gasteiger partial charge on any atom is 0.330 e. The maximum atomic E-state index is 10.5. The zero-order chi connectivity index (χ0) is 9.56. The average Bonchev–Trinajstić information content (AvgIpc) is 2.04. The Morgan fingerprint density at radius 3 is 2.42 bits per heavy atom. The summed E-state index contributed by atoms with van der Waals surface area (Å²) in [6, 6.07) is 0. The molecule has 0 saturated heterocycles. The molecule has 0 spiro atoms. The van der Waals surface area contributed by atoms with E-state index in [4.69, 9.17) is 0 Å². The standard InChI is InChI=1S/C7H9NO4/c1-3-6(8(10)11)4-5-7(9)12-2/h3-5H,1-2H3. The van der Waals surface area contributed by atoms with Gasteiger partial charge in [-0.25, -0.2) is 4.79 Å². The summed E-state index contributed by atoms with van der Waals surface area (Å²) in [7, 11) is 1.20. The molecule has 0 rings (SSSR count). The highest BCUT2D eigenvalue weighted by molar-refractivity contribution is 5.82. The second kappa shape index (κ2) is 5.06. The van der Waals surface area contributed by atoms with E-state index in [-0.39, 0.29) is 5.70 Å². The second-order valence-electron chi connectivity index (χ2n) is 1.83. The first kappa shape index (κ1) is 10.3. The van der Waals surface area contributed by atoms with Crippen molar-refractivity contribution in [2.75, 3.05) is 7.11 Å². The molecule has 0 heterocycles. The summed E-state index contributed by atoms with van der Waals surface area (Å²) < 4.78 is 4.25. The molecule has 5 nitrogen and oxygen atoms in total. The van der Waals surface area contributed by atoms with E-state index >= 15 is 0 Å². The third-order valence-corrected chi connectivity index (χ3v) is 1.10. The minimum Gasteiger partial charge on any atom is -0.466 e. The SMILES string of the molecule is CC=C(C=CC(=O)OC)[N+](=O)[O-]. The molecule has 0 saturated carbocycles. The number of carbonyl (C=O) groups is 1. The van der Waals surface area contributed by atoms with Crippen molar-refractivity contribution in [1.29, 1.82) is 0 Å². The highest BCUT2D eigenvalue weighted by atomic mass is 16.6. The van der Waals surface area contributed by atoms with E-state index in [1.807, 2.05) is 0 Å². The number of hydrogen-bond donors (Lipinski definition) is 0. The molecule has 0 aromatic carbocycles. The van der Waals surface area contributed by atoms with Gasteiger partial charge in [-0.1, -0.05) is 0 Å². The normalized spacial score (nSPS) is 11.7. The van der Waals surface area contributed by atoms with Crippen LogP contribution in [0.4, 0.5) is 0 Å². The summed E-state index contributed by atoms with van der Waals surface area (Å²) in [5.74, 6) is -0.615. The molecule has 0 amide bonds. The molecule has 0 aliphatic heterocycles. The number of rotatable bonds is 3. The van der Waals surface area contributed by atoms with Crippen LogP contribution in [0.3, 0.4) is 0 Å². The minimum atomic E-state index is -0.615. The van der Waals surface area contributed by atoms with E-state index in [2.05, 4.69) is 4.74 Å². The van der Waals surface area contributed by atoms with Crippen LogP contribution in [0.1, 0.15) is 6.92 Å². The lowest BCUT2D eigenvalue weighted by molar-refractivity contribution is -0.419. The van der Waals surface area contributed by atoms with Crippen molar-refractivity contribution >= 4 is 5.97 Å². The fourth-order valence-corrected chi connectivity index (χ4v) is 0.484. The van der Waals surface area contributed by atoms with E-state index in [0.29, 0.717) is 0 Å². The van der Waals surface area contributed by atoms with Crippen molar-refractivity contribution < 1.29 is 14.5 Å². The number of ether oxygens (including phenoxy) is 1. The molecule has 0 aromatic rings. The minimum absolute atomic E-state index is 0.139. The molecular weight excluding hydrogens is 162 g/mol. The largest absolute Gasteiger partial charge is 0.466 e. The number of methoxy groups -OCH3 is 1. The predicted molar refractivity (Wildman–Crippen MR) is 41.9 cm³/mol. The van der Waals surface area contributed by atoms with E-state index in [0.717, 1.165) is 12.2 Å². The van der Waals surface area contributed by atoms with Gasteiger partial charge >= 0.3 is 5.97 Å². The van der Waals surface area contributed by atoms with Crippen LogP contribution in [0.25, 0.3) is 0 Å². The molecule has 0 aliphatic rings. The fourth-order valence-electron chi connectivity index (χ4n) is 0.484. The monoisotopic (exact) mass is 171 g/mol. The lowest BCUT2D eigenvalue weighted by atomic mass is 10.4. The van der Waals surface area contributed by atoms with Crippen molar-refractivity contribution in [3.8, 4) is 0 Å². The summed E-state index contributed by atoms with van der Waals surface area (Å²) in [5.41, 5.74) is -0.139. The Kier molecular flexibility index (Phi) is 4.36. The van der Waals surface area contributed by atoms with Gasteiger partial charge in [0.15, 0.2) is 0 Å². The molecule has 0 N–H and O–H groups in total. The first-order valence-electron chi connectivity index (χ1n) is 3.18. The Labute approximate surface area is 69.5 Å². The van der Waals surface area contributed by atoms with Gasteiger partial charge in [0.25, 0.3) is 5.70 Å². The molecule has 0 unspecified atom stereocenters. The van der Waals surface area contributed by atoms with E-state index in [1.165, 1.54) is 20.1 Å². The number of esters is 1. The van der Waals surface area contributed by atoms with Crippen LogP contribution in [0.15, 0.2) is 23.9 Å². The first-order chi connectivity index (χ1) is 5.61. The number of allylic oxidation sites excluding steroid dienone is 2. The molecule has 12 heavy (non-hydrogen) atoms. The molecular formula is C7H9NO4. The molecule has 0 aromatic heterocycles. The molecule has 0 aliphatic carbocycles. The third-order valence-electron chi connectivity index (χ3n) is 1.10. The Balaban J connectivity index is 4.32. The number of carbonyl (C=O) groups excluding carboxylic acids is 1. The van der Waals surface area contributed by atoms with Crippen LogP contribution >= 0.6 is 0 Å². The van der Waals surface area contributed by atoms with Gasteiger partial charge in [0, 0.05) is 12.2 Å². The van der Waals surface area contributed by atoms with Crippen LogP contribution in [0.5, 0.6) is 0 Å². The van der Waals surface area contributed by atoms with Gasteiger partial charge in [0.1, 0.15) is 0 Å². The van der Waals surface area contributed by atoms with Crippen LogP contribution in [0.2, 0.25) is 0 Å². The molecule has 0 radical (unpaired) electrons. The van der Waals surface area contributed by atoms with Crippen LogP contribution in [-0.2, 0) is 9.53 Å². The molecule has 5 heteroatoms. The molecule has 0 atom stereocenters. The first-order valence-corrected chi connectivity index (χ1v) is 3.18. The van der Waals surface area contributed by atoms with Crippen molar-refractivity contribution in [1.82, 2.24) is 0 Å². The van der Waals surface area contributed by atoms with E-state index in [9.17, 15) is 14.9 Å². The van der Waals surface area contributed by atoms with Gasteiger partial charge in [-0.05, 0) is 13.0 Å². The van der Waals surface area contributed by atoms with Gasteiger partial charge in [-0.15, -0.1) is 0 Å². The molecule has 0 fully saturated rings. The van der Waals surface area contributed by atoms with Crippen molar-refractivity contribution in [3.63, 3.8) is 0 Å². The van der Waals surface area contributed by atoms with E-state index < -0.39 is 10.9 Å². The van der Waals surface area contributed by atoms with Gasteiger partial charge in [-0.2, -0.15) is 0 Å². The van der Waals surface area contributed by atoms with Crippen LogP contribution in [-0.4, -0.2) is 18.0 Å². The third kappa shape index (κ3) is 3.50. The highest BCUT2D eigenvalue weighted by Crippen LogP contribution is 1.97. The highest BCUT2D eigenvalue weighted by Gasteiger charge is 2.03. The summed E-state index contributed by atoms with van der Waals surface area (Å²) in [5, 5.41) is 10.2. The summed E-state index contributed by atoms with van der Waals surface area (Å²) >= 11 is 0. The number of hydrogen-bond acceptors (Lipinski definition) is 4. The van der Waals surface area contributed by atoms with Gasteiger partial charge in [-0.3, -0.25) is 10.1 Å². The molecule has 66 valence electrons. The lowest BCUT2D eigenvalue weighted by Crippen LogP contribution is -1.98. The van der Waals surface area contributed by atoms with Gasteiger partial charge < -0.3 is 4.74 Å². The summed E-state index contributed by atoms with van der Waals surface area (Å²) in [6.45, 7) is 1.51. The van der Waals surface area contributed by atoms with Crippen molar-refractivity contribution in [3.05, 3.63) is 34.0 Å². The summed E-state index contributed by atoms with van der Waals surface area (Å²) in [4.78, 5) is 20.1. The zero-order valence-electron chi connectivity index (χ0n) is 6.81. The summed E-state index contributed by atoms with van der Waals surface area (Å²) in [6.07, 6.45) is 3.38. The van der Waals surface area contributed by atoms with E-state index in [1.54, 1.807) is 0 Å². The molecule has 0 bridgehead atoms. The number of nitrogens with zero attached hydrogens (tertiary/aromatic N) is 1. The van der Waals surface area contributed by atoms with Crippen molar-refractivity contribution in [2.24, 2.45) is 0 Å². The van der Waals surface area contributed by atoms with Gasteiger partial charge in [0.2, 0.25) is 0 Å². The van der Waals surface area contributed by atoms with Crippen LogP contribution < -0.4 is 0 Å². The Bertz CT molecular complexity index is 242. The van der Waals surface area contributed by atoms with Crippen molar-refractivity contribution in [2.45, 2.75) is 6.92 Å². The Hall–Kier alpha value is -1.65. The number of nitro groups is 1. The second-order valence-corrected chi connectivity index (χ2v) is 1.83. The maximum absolute atomic E-state index is 10.5.